The van der Waals surface area contributed by atoms with Gasteiger partial charge in [0, 0.05) is 5.56 Å². The summed E-state index contributed by atoms with van der Waals surface area (Å²) in [5, 5.41) is 28.5. The van der Waals surface area contributed by atoms with Crippen molar-refractivity contribution in [2.45, 2.75) is 19.8 Å². The highest BCUT2D eigenvalue weighted by Gasteiger charge is 2.12. The molecule has 0 spiro atoms. The molecule has 2 aromatic carbocycles. The summed E-state index contributed by atoms with van der Waals surface area (Å²) in [6, 6.07) is 8.72. The van der Waals surface area contributed by atoms with Crippen molar-refractivity contribution in [1.29, 1.82) is 0 Å². The van der Waals surface area contributed by atoms with Gasteiger partial charge in [0.15, 0.2) is 17.2 Å². The van der Waals surface area contributed by atoms with Gasteiger partial charge < -0.3 is 20.3 Å². The summed E-state index contributed by atoms with van der Waals surface area (Å²) in [7, 11) is 0. The van der Waals surface area contributed by atoms with Crippen LogP contribution in [0.5, 0.6) is 17.2 Å². The first kappa shape index (κ1) is 13.3. The first-order valence-electron chi connectivity index (χ1n) is 6.70. The van der Waals surface area contributed by atoms with E-state index in [2.05, 4.69) is 23.8 Å². The van der Waals surface area contributed by atoms with Crippen LogP contribution < -0.4 is 0 Å². The number of fused-ring (bicyclic) bond motifs is 1. The van der Waals surface area contributed by atoms with Crippen molar-refractivity contribution < 1.29 is 15.3 Å². The molecule has 3 aromatic rings. The third-order valence-electron chi connectivity index (χ3n) is 3.52. The zero-order valence-corrected chi connectivity index (χ0v) is 11.8. The van der Waals surface area contributed by atoms with Gasteiger partial charge in [-0.3, -0.25) is 0 Å². The summed E-state index contributed by atoms with van der Waals surface area (Å²) >= 11 is 0. The van der Waals surface area contributed by atoms with Crippen molar-refractivity contribution in [3.63, 3.8) is 0 Å². The van der Waals surface area contributed by atoms with E-state index >= 15 is 0 Å². The number of H-pyrrole nitrogens is 1. The molecule has 1 aromatic heterocycles. The van der Waals surface area contributed by atoms with Gasteiger partial charge in [-0.1, -0.05) is 19.9 Å². The lowest BCUT2D eigenvalue weighted by atomic mass is 10.0. The lowest BCUT2D eigenvalue weighted by Gasteiger charge is -2.03. The minimum Gasteiger partial charge on any atom is -0.504 e. The smallest absolute Gasteiger partial charge is 0.200 e. The van der Waals surface area contributed by atoms with E-state index in [1.807, 2.05) is 18.2 Å². The van der Waals surface area contributed by atoms with Crippen LogP contribution in [-0.2, 0) is 0 Å². The molecule has 108 valence electrons. The normalized spacial score (nSPS) is 11.4. The van der Waals surface area contributed by atoms with Crippen LogP contribution in [0.3, 0.4) is 0 Å². The summed E-state index contributed by atoms with van der Waals surface area (Å²) in [6.07, 6.45) is 0. The van der Waals surface area contributed by atoms with Crippen molar-refractivity contribution in [3.8, 4) is 28.6 Å². The molecule has 0 aliphatic heterocycles. The predicted molar refractivity (Wildman–Crippen MR) is 80.6 cm³/mol. The maximum atomic E-state index is 9.58. The number of imidazole rings is 1. The zero-order valence-electron chi connectivity index (χ0n) is 11.8. The first-order valence-corrected chi connectivity index (χ1v) is 6.70. The highest BCUT2D eigenvalue weighted by molar-refractivity contribution is 5.81. The summed E-state index contributed by atoms with van der Waals surface area (Å²) in [5.41, 5.74) is 3.41. The molecule has 21 heavy (non-hydrogen) atoms. The van der Waals surface area contributed by atoms with Crippen LogP contribution in [0.1, 0.15) is 25.3 Å². The second-order valence-corrected chi connectivity index (χ2v) is 5.38. The van der Waals surface area contributed by atoms with Gasteiger partial charge >= 0.3 is 0 Å². The summed E-state index contributed by atoms with van der Waals surface area (Å²) < 4.78 is 0. The molecule has 0 amide bonds. The number of phenols is 3. The molecular weight excluding hydrogens is 268 g/mol. The quantitative estimate of drug-likeness (QED) is 0.542. The molecule has 0 aliphatic rings. The maximum Gasteiger partial charge on any atom is 0.200 e. The van der Waals surface area contributed by atoms with Crippen molar-refractivity contribution in [2.24, 2.45) is 0 Å². The van der Waals surface area contributed by atoms with Crippen LogP contribution in [0.2, 0.25) is 0 Å². The fraction of sp³-hybridized carbons (Fsp3) is 0.188. The molecule has 0 fully saturated rings. The summed E-state index contributed by atoms with van der Waals surface area (Å²) in [4.78, 5) is 7.60. The monoisotopic (exact) mass is 284 g/mol. The van der Waals surface area contributed by atoms with Gasteiger partial charge in [0.25, 0.3) is 0 Å². The van der Waals surface area contributed by atoms with E-state index in [0.717, 1.165) is 11.0 Å². The minimum absolute atomic E-state index is 0.381. The number of aromatic amines is 1. The maximum absolute atomic E-state index is 9.58. The van der Waals surface area contributed by atoms with E-state index in [1.54, 1.807) is 0 Å². The van der Waals surface area contributed by atoms with Gasteiger partial charge in [0.1, 0.15) is 5.82 Å². The van der Waals surface area contributed by atoms with E-state index in [1.165, 1.54) is 17.7 Å². The third kappa shape index (κ3) is 2.27. The Labute approximate surface area is 121 Å². The number of phenolic OH excluding ortho intramolecular Hbond substituents is 3. The molecule has 1 heterocycles. The topological polar surface area (TPSA) is 89.4 Å². The van der Waals surface area contributed by atoms with Crippen molar-refractivity contribution in [2.75, 3.05) is 0 Å². The number of rotatable bonds is 2. The van der Waals surface area contributed by atoms with Crippen LogP contribution in [-0.4, -0.2) is 25.3 Å². The second-order valence-electron chi connectivity index (χ2n) is 5.38. The Morgan fingerprint density at radius 3 is 2.29 bits per heavy atom. The predicted octanol–water partition coefficient (Wildman–Crippen LogP) is 3.47. The van der Waals surface area contributed by atoms with Gasteiger partial charge in [-0.25, -0.2) is 4.98 Å². The third-order valence-corrected chi connectivity index (χ3v) is 3.52. The lowest BCUT2D eigenvalue weighted by Crippen LogP contribution is -1.85. The Morgan fingerprint density at radius 1 is 1.00 bits per heavy atom. The fourth-order valence-corrected chi connectivity index (χ4v) is 2.26. The van der Waals surface area contributed by atoms with Crippen molar-refractivity contribution >= 4 is 11.0 Å². The number of hydrogen-bond donors (Lipinski definition) is 4. The number of hydrogen-bond acceptors (Lipinski definition) is 4. The molecule has 0 saturated carbocycles. The molecule has 4 N–H and O–H groups in total. The minimum atomic E-state index is -0.531. The molecule has 5 heteroatoms. The van der Waals surface area contributed by atoms with Crippen LogP contribution in [0.25, 0.3) is 22.4 Å². The Hall–Kier alpha value is -2.69. The molecule has 0 bridgehead atoms. The second kappa shape index (κ2) is 4.70. The number of nitrogens with zero attached hydrogens (tertiary/aromatic N) is 1. The molecule has 0 saturated heterocycles. The SMILES string of the molecule is CC(C)c1ccc2nc(-c3cc(O)c(O)c(O)c3)[nH]c2c1. The van der Waals surface area contributed by atoms with E-state index in [-0.39, 0.29) is 11.5 Å². The molecule has 0 radical (unpaired) electrons. The van der Waals surface area contributed by atoms with Crippen LogP contribution in [0, 0.1) is 0 Å². The van der Waals surface area contributed by atoms with E-state index in [9.17, 15) is 15.3 Å². The van der Waals surface area contributed by atoms with E-state index < -0.39 is 5.75 Å². The first-order chi connectivity index (χ1) is 9.95. The van der Waals surface area contributed by atoms with Gasteiger partial charge in [-0.2, -0.15) is 0 Å². The molecule has 0 aliphatic carbocycles. The molecule has 0 atom stereocenters. The van der Waals surface area contributed by atoms with Crippen molar-refractivity contribution in [1.82, 2.24) is 9.97 Å². The Morgan fingerprint density at radius 2 is 1.67 bits per heavy atom. The lowest BCUT2D eigenvalue weighted by molar-refractivity contribution is 0.368. The van der Waals surface area contributed by atoms with Gasteiger partial charge in [-0.05, 0) is 35.7 Å². The standard InChI is InChI=1S/C16H16N2O3/c1-8(2)9-3-4-11-12(5-9)18-16(17-11)10-6-13(19)15(21)14(20)7-10/h3-8,19-21H,1-2H3,(H,17,18). The van der Waals surface area contributed by atoms with Crippen molar-refractivity contribution in [3.05, 3.63) is 35.9 Å². The fourth-order valence-electron chi connectivity index (χ4n) is 2.26. The number of aromatic hydroxyl groups is 3. The van der Waals surface area contributed by atoms with Gasteiger partial charge in [0.05, 0.1) is 11.0 Å². The molecule has 0 unspecified atom stereocenters. The number of benzene rings is 2. The molecular formula is C16H16N2O3. The van der Waals surface area contributed by atoms with Crippen LogP contribution in [0.15, 0.2) is 30.3 Å². The van der Waals surface area contributed by atoms with Crippen LogP contribution >= 0.6 is 0 Å². The average molecular weight is 284 g/mol. The highest BCUT2D eigenvalue weighted by Crippen LogP contribution is 2.38. The largest absolute Gasteiger partial charge is 0.504 e. The Bertz CT molecular complexity index is 798. The summed E-state index contributed by atoms with van der Waals surface area (Å²) in [6.45, 7) is 4.24. The molecule has 5 nitrogen and oxygen atoms in total. The average Bonchev–Trinajstić information content (AvgIpc) is 2.86. The zero-order chi connectivity index (χ0) is 15.1. The van der Waals surface area contributed by atoms with E-state index in [0.29, 0.717) is 17.3 Å². The number of nitrogens with one attached hydrogen (secondary N) is 1. The van der Waals surface area contributed by atoms with Gasteiger partial charge in [-0.15, -0.1) is 0 Å². The number of aromatic nitrogens is 2. The van der Waals surface area contributed by atoms with E-state index in [4.69, 9.17) is 0 Å². The van der Waals surface area contributed by atoms with Crippen LogP contribution in [0.4, 0.5) is 0 Å². The summed E-state index contributed by atoms with van der Waals surface area (Å²) in [5.74, 6) is -0.349. The highest BCUT2D eigenvalue weighted by atomic mass is 16.3. The Balaban J connectivity index is 2.13. The molecule has 3 rings (SSSR count). The van der Waals surface area contributed by atoms with Gasteiger partial charge in [0.2, 0.25) is 0 Å². The Kier molecular flexibility index (Phi) is 2.97.